The topological polar surface area (TPSA) is 97.8 Å². The van der Waals surface area contributed by atoms with E-state index in [1.165, 1.54) is 4.90 Å². The minimum Gasteiger partial charge on any atom is -0.449 e. The number of ether oxygens (including phenoxy) is 1. The van der Waals surface area contributed by atoms with Gasteiger partial charge in [0.05, 0.1) is 22.8 Å². The highest BCUT2D eigenvalue weighted by Crippen LogP contribution is 2.34. The Hall–Kier alpha value is -3.60. The fraction of sp³-hybridized carbons (Fsp3) is 0.200. The van der Waals surface area contributed by atoms with Crippen molar-refractivity contribution in [1.29, 1.82) is 0 Å². The van der Waals surface area contributed by atoms with Crippen LogP contribution in [0.1, 0.15) is 6.42 Å². The van der Waals surface area contributed by atoms with E-state index >= 15 is 4.39 Å². The summed E-state index contributed by atoms with van der Waals surface area (Å²) in [6, 6.07) is 2.80. The second-order valence-electron chi connectivity index (χ2n) is 7.07. The SMILES string of the molecule is N[C@H]1CCN(c2c(F)cc3c(=O)c(OC(=O)O)cn(-c4ccc(F)cc4F)c3c2F)C1. The second-order valence-corrected chi connectivity index (χ2v) is 7.07. The Morgan fingerprint density at radius 3 is 2.52 bits per heavy atom. The summed E-state index contributed by atoms with van der Waals surface area (Å²) < 4.78 is 63.5. The van der Waals surface area contributed by atoms with E-state index in [9.17, 15) is 22.8 Å². The van der Waals surface area contributed by atoms with E-state index in [2.05, 4.69) is 4.74 Å². The first kappa shape index (κ1) is 20.7. The predicted octanol–water partition coefficient (Wildman–Crippen LogP) is 3.14. The molecule has 1 saturated heterocycles. The number of fused-ring (bicyclic) bond motifs is 1. The van der Waals surface area contributed by atoms with Gasteiger partial charge < -0.3 is 25.0 Å². The molecule has 2 heterocycles. The van der Waals surface area contributed by atoms with Crippen LogP contribution in [0.3, 0.4) is 0 Å². The van der Waals surface area contributed by atoms with Crippen molar-refractivity contribution < 1.29 is 32.2 Å². The Balaban J connectivity index is 2.09. The lowest BCUT2D eigenvalue weighted by Gasteiger charge is -2.22. The maximum Gasteiger partial charge on any atom is 0.511 e. The molecule has 2 aromatic carbocycles. The lowest BCUT2D eigenvalue weighted by atomic mass is 10.1. The van der Waals surface area contributed by atoms with Crippen molar-refractivity contribution in [2.75, 3.05) is 18.0 Å². The predicted molar refractivity (Wildman–Crippen MR) is 103 cm³/mol. The van der Waals surface area contributed by atoms with Crippen LogP contribution in [0.4, 0.5) is 28.0 Å². The van der Waals surface area contributed by atoms with Crippen LogP contribution in [0.15, 0.2) is 35.3 Å². The summed E-state index contributed by atoms with van der Waals surface area (Å²) >= 11 is 0. The third-order valence-electron chi connectivity index (χ3n) is 5.03. The summed E-state index contributed by atoms with van der Waals surface area (Å²) in [6.45, 7) is 0.421. The van der Waals surface area contributed by atoms with Crippen LogP contribution in [-0.4, -0.2) is 35.0 Å². The third kappa shape index (κ3) is 3.56. The summed E-state index contributed by atoms with van der Waals surface area (Å²) in [7, 11) is 0. The van der Waals surface area contributed by atoms with Gasteiger partial charge in [0.2, 0.25) is 5.43 Å². The smallest absolute Gasteiger partial charge is 0.449 e. The summed E-state index contributed by atoms with van der Waals surface area (Å²) in [5.41, 5.74) is 3.32. The summed E-state index contributed by atoms with van der Waals surface area (Å²) in [5, 5.41) is 8.30. The van der Waals surface area contributed by atoms with Crippen molar-refractivity contribution in [3.05, 3.63) is 64.0 Å². The molecule has 1 aliphatic rings. The average Bonchev–Trinajstić information content (AvgIpc) is 3.10. The van der Waals surface area contributed by atoms with Crippen molar-refractivity contribution in [2.45, 2.75) is 12.5 Å². The highest BCUT2D eigenvalue weighted by Gasteiger charge is 2.29. The number of hydrogen-bond acceptors (Lipinski definition) is 5. The van der Waals surface area contributed by atoms with E-state index < -0.39 is 62.9 Å². The number of hydrogen-bond donors (Lipinski definition) is 2. The number of rotatable bonds is 3. The molecule has 1 fully saturated rings. The molecule has 3 aromatic rings. The fourth-order valence-electron chi connectivity index (χ4n) is 3.69. The van der Waals surface area contributed by atoms with Gasteiger partial charge in [0.1, 0.15) is 23.1 Å². The van der Waals surface area contributed by atoms with Crippen molar-refractivity contribution in [2.24, 2.45) is 5.73 Å². The van der Waals surface area contributed by atoms with Crippen LogP contribution in [-0.2, 0) is 0 Å². The first-order valence-electron chi connectivity index (χ1n) is 9.11. The molecule has 1 atom stereocenters. The number of carbonyl (C=O) groups is 1. The van der Waals surface area contributed by atoms with Gasteiger partial charge in [-0.25, -0.2) is 22.4 Å². The lowest BCUT2D eigenvalue weighted by Crippen LogP contribution is -2.28. The first-order chi connectivity index (χ1) is 14.7. The quantitative estimate of drug-likeness (QED) is 0.483. The van der Waals surface area contributed by atoms with Gasteiger partial charge in [-0.15, -0.1) is 0 Å². The van der Waals surface area contributed by atoms with Gasteiger partial charge in [-0.2, -0.15) is 0 Å². The van der Waals surface area contributed by atoms with Gasteiger partial charge in [-0.1, -0.05) is 0 Å². The number of anilines is 1. The highest BCUT2D eigenvalue weighted by molar-refractivity contribution is 5.87. The van der Waals surface area contributed by atoms with Gasteiger partial charge in [-0.3, -0.25) is 4.79 Å². The molecule has 0 aliphatic carbocycles. The number of halogens is 4. The van der Waals surface area contributed by atoms with E-state index in [1.54, 1.807) is 0 Å². The van der Waals surface area contributed by atoms with Crippen LogP contribution >= 0.6 is 0 Å². The molecule has 1 aliphatic heterocycles. The molecule has 4 rings (SSSR count). The Morgan fingerprint density at radius 1 is 1.16 bits per heavy atom. The van der Waals surface area contributed by atoms with Crippen LogP contribution in [0.2, 0.25) is 0 Å². The molecule has 0 unspecified atom stereocenters. The van der Waals surface area contributed by atoms with Crippen LogP contribution in [0.25, 0.3) is 16.6 Å². The number of nitrogens with two attached hydrogens (primary N) is 1. The van der Waals surface area contributed by atoms with Crippen LogP contribution in [0, 0.1) is 23.3 Å². The summed E-state index contributed by atoms with van der Waals surface area (Å²) in [4.78, 5) is 25.0. The van der Waals surface area contributed by atoms with Gasteiger partial charge in [-0.05, 0) is 24.6 Å². The fourth-order valence-corrected chi connectivity index (χ4v) is 3.69. The van der Waals surface area contributed by atoms with E-state index in [0.717, 1.165) is 29.0 Å². The molecular weight excluding hydrogens is 422 g/mol. The molecule has 162 valence electrons. The summed E-state index contributed by atoms with van der Waals surface area (Å²) in [6.07, 6.45) is -0.608. The second kappa shape index (κ2) is 7.58. The molecule has 7 nitrogen and oxygen atoms in total. The van der Waals surface area contributed by atoms with Gasteiger partial charge in [0.15, 0.2) is 11.6 Å². The maximum absolute atomic E-state index is 15.6. The Morgan fingerprint density at radius 2 is 1.90 bits per heavy atom. The zero-order valence-corrected chi connectivity index (χ0v) is 15.7. The van der Waals surface area contributed by atoms with E-state index in [0.29, 0.717) is 12.5 Å². The Bertz CT molecular complexity index is 1280. The molecule has 0 spiro atoms. The van der Waals surface area contributed by atoms with Crippen LogP contribution < -0.4 is 20.8 Å². The molecule has 0 bridgehead atoms. The van der Waals surface area contributed by atoms with E-state index in [1.807, 2.05) is 0 Å². The van der Waals surface area contributed by atoms with E-state index in [4.69, 9.17) is 10.8 Å². The minimum absolute atomic E-state index is 0.161. The normalized spacial score (nSPS) is 16.2. The van der Waals surface area contributed by atoms with Crippen molar-refractivity contribution >= 4 is 22.7 Å². The monoisotopic (exact) mass is 437 g/mol. The summed E-state index contributed by atoms with van der Waals surface area (Å²) in [5.74, 6) is -5.09. The number of carboxylic acid groups (broad SMARTS) is 1. The molecule has 0 amide bonds. The van der Waals surface area contributed by atoms with Crippen molar-refractivity contribution in [1.82, 2.24) is 4.57 Å². The minimum atomic E-state index is -1.86. The number of pyridine rings is 1. The van der Waals surface area contributed by atoms with Crippen molar-refractivity contribution in [3.63, 3.8) is 0 Å². The number of benzene rings is 2. The molecule has 0 radical (unpaired) electrons. The Labute approximate surface area is 171 Å². The molecule has 31 heavy (non-hydrogen) atoms. The maximum atomic E-state index is 15.6. The first-order valence-corrected chi connectivity index (χ1v) is 9.11. The molecule has 1 aromatic heterocycles. The van der Waals surface area contributed by atoms with Crippen molar-refractivity contribution in [3.8, 4) is 11.4 Å². The van der Waals surface area contributed by atoms with E-state index in [-0.39, 0.29) is 19.1 Å². The number of aromatic nitrogens is 1. The molecule has 3 N–H and O–H groups in total. The number of nitrogens with zero attached hydrogens (tertiary/aromatic N) is 2. The highest BCUT2D eigenvalue weighted by atomic mass is 19.1. The Kier molecular flexibility index (Phi) is 5.05. The van der Waals surface area contributed by atoms with Gasteiger partial charge in [0, 0.05) is 25.2 Å². The zero-order chi connectivity index (χ0) is 22.4. The molecule has 11 heteroatoms. The van der Waals surface area contributed by atoms with Gasteiger partial charge >= 0.3 is 6.16 Å². The third-order valence-corrected chi connectivity index (χ3v) is 5.03. The zero-order valence-electron chi connectivity index (χ0n) is 15.7. The van der Waals surface area contributed by atoms with Crippen LogP contribution in [0.5, 0.6) is 5.75 Å². The average molecular weight is 437 g/mol. The van der Waals surface area contributed by atoms with Gasteiger partial charge in [0.25, 0.3) is 0 Å². The molecule has 0 saturated carbocycles. The largest absolute Gasteiger partial charge is 0.511 e. The molecular formula is C20H15F4N3O4. The lowest BCUT2D eigenvalue weighted by molar-refractivity contribution is 0.144. The standard InChI is InChI=1S/C20H15F4N3O4/c21-9-1-2-14(12(22)5-9)27-8-15(31-20(29)30)19(28)11-6-13(23)18(16(24)17(11)27)26-4-3-10(25)7-26/h1-2,5-6,8,10H,3-4,7,25H2,(H,29,30)/t10-/m0/s1.